The molecule has 1 saturated heterocycles. The number of benzene rings is 1. The summed E-state index contributed by atoms with van der Waals surface area (Å²) in [4.78, 5) is 38.5. The first-order valence-electron chi connectivity index (χ1n) is 9.20. The van der Waals surface area contributed by atoms with Gasteiger partial charge in [0.1, 0.15) is 5.56 Å². The number of anilines is 1. The van der Waals surface area contributed by atoms with Crippen LogP contribution in [0.15, 0.2) is 47.4 Å². The van der Waals surface area contributed by atoms with Gasteiger partial charge in [0, 0.05) is 32.9 Å². The number of piperidine rings is 1. The molecule has 0 atom stereocenters. The molecule has 8 heteroatoms. The predicted octanol–water partition coefficient (Wildman–Crippen LogP) is 2.71. The lowest BCUT2D eigenvalue weighted by atomic mass is 9.96. The number of nitrogens with one attached hydrogen (secondary N) is 2. The van der Waals surface area contributed by atoms with Crippen molar-refractivity contribution < 1.29 is 9.59 Å². The molecule has 1 fully saturated rings. The Labute approximate surface area is 168 Å². The van der Waals surface area contributed by atoms with Crippen molar-refractivity contribution in [1.82, 2.24) is 14.8 Å². The van der Waals surface area contributed by atoms with Gasteiger partial charge in [-0.1, -0.05) is 23.7 Å². The van der Waals surface area contributed by atoms with Gasteiger partial charge < -0.3 is 20.1 Å². The summed E-state index contributed by atoms with van der Waals surface area (Å²) in [6.07, 6.45) is 3.17. The number of hydrogen-bond acceptors (Lipinski definition) is 3. The van der Waals surface area contributed by atoms with Gasteiger partial charge in [0.15, 0.2) is 0 Å². The van der Waals surface area contributed by atoms with E-state index in [-0.39, 0.29) is 29.0 Å². The highest BCUT2D eigenvalue weighted by molar-refractivity contribution is 6.33. The van der Waals surface area contributed by atoms with Gasteiger partial charge in [-0.3, -0.25) is 9.59 Å². The lowest BCUT2D eigenvalue weighted by molar-refractivity contribution is 0.0688. The Bertz CT molecular complexity index is 920. The lowest BCUT2D eigenvalue weighted by Crippen LogP contribution is -2.43. The Balaban J connectivity index is 1.47. The Morgan fingerprint density at radius 2 is 1.86 bits per heavy atom. The zero-order valence-electron chi connectivity index (χ0n) is 15.7. The zero-order chi connectivity index (χ0) is 20.1. The van der Waals surface area contributed by atoms with Gasteiger partial charge in [0.25, 0.3) is 11.5 Å². The fraction of sp³-hybridized carbons (Fsp3) is 0.350. The molecule has 0 aliphatic carbocycles. The minimum absolute atomic E-state index is 0.195. The summed E-state index contributed by atoms with van der Waals surface area (Å²) >= 11 is 6.03. The van der Waals surface area contributed by atoms with E-state index in [9.17, 15) is 14.4 Å². The minimum atomic E-state index is -0.306. The van der Waals surface area contributed by atoms with Gasteiger partial charge in [0.05, 0.1) is 10.7 Å². The SMILES string of the molecule is Cn1cccc(C(=O)N2CCC(CNC(=O)Nc3ccccc3Cl)CC2)c1=O. The second-order valence-electron chi connectivity index (χ2n) is 6.89. The lowest BCUT2D eigenvalue weighted by Gasteiger charge is -2.32. The van der Waals surface area contributed by atoms with Crippen molar-refractivity contribution in [3.05, 3.63) is 63.5 Å². The van der Waals surface area contributed by atoms with Crippen molar-refractivity contribution in [2.45, 2.75) is 12.8 Å². The maximum Gasteiger partial charge on any atom is 0.319 e. The van der Waals surface area contributed by atoms with Crippen LogP contribution in [-0.4, -0.2) is 41.0 Å². The normalized spacial score (nSPS) is 14.6. The molecule has 7 nitrogen and oxygen atoms in total. The first-order valence-corrected chi connectivity index (χ1v) is 9.58. The average molecular weight is 403 g/mol. The van der Waals surface area contributed by atoms with Crippen LogP contribution in [0.2, 0.25) is 5.02 Å². The van der Waals surface area contributed by atoms with Crippen LogP contribution in [0.1, 0.15) is 23.2 Å². The van der Waals surface area contributed by atoms with E-state index in [0.717, 1.165) is 12.8 Å². The molecule has 3 amide bonds. The van der Waals surface area contributed by atoms with Crippen molar-refractivity contribution in [2.75, 3.05) is 25.0 Å². The summed E-state index contributed by atoms with van der Waals surface area (Å²) in [5.41, 5.74) is 0.472. The summed E-state index contributed by atoms with van der Waals surface area (Å²) in [7, 11) is 1.63. The third-order valence-corrected chi connectivity index (χ3v) is 5.26. The number of carbonyl (C=O) groups excluding carboxylic acids is 2. The van der Waals surface area contributed by atoms with Crippen molar-refractivity contribution in [3.63, 3.8) is 0 Å². The van der Waals surface area contributed by atoms with Gasteiger partial charge in [-0.05, 0) is 43.0 Å². The zero-order valence-corrected chi connectivity index (χ0v) is 16.4. The van der Waals surface area contributed by atoms with E-state index in [1.807, 2.05) is 0 Å². The number of aryl methyl sites for hydroxylation is 1. The number of carbonyl (C=O) groups is 2. The van der Waals surface area contributed by atoms with E-state index < -0.39 is 0 Å². The van der Waals surface area contributed by atoms with E-state index in [1.54, 1.807) is 54.5 Å². The molecule has 1 aromatic carbocycles. The van der Waals surface area contributed by atoms with Gasteiger partial charge in [-0.2, -0.15) is 0 Å². The molecule has 0 radical (unpaired) electrons. The maximum absolute atomic E-state index is 12.6. The minimum Gasteiger partial charge on any atom is -0.338 e. The molecule has 28 heavy (non-hydrogen) atoms. The summed E-state index contributed by atoms with van der Waals surface area (Å²) < 4.78 is 1.40. The number of likely N-dealkylation sites (tertiary alicyclic amines) is 1. The average Bonchev–Trinajstić information content (AvgIpc) is 2.70. The van der Waals surface area contributed by atoms with E-state index in [0.29, 0.717) is 30.3 Å². The number of halogens is 1. The number of nitrogens with zero attached hydrogens (tertiary/aromatic N) is 2. The Kier molecular flexibility index (Phi) is 6.36. The van der Waals surface area contributed by atoms with Crippen molar-refractivity contribution >= 4 is 29.2 Å². The number of pyridine rings is 1. The third-order valence-electron chi connectivity index (χ3n) is 4.93. The van der Waals surface area contributed by atoms with E-state index >= 15 is 0 Å². The molecular weight excluding hydrogens is 380 g/mol. The molecule has 2 heterocycles. The van der Waals surface area contributed by atoms with Crippen LogP contribution in [0, 0.1) is 5.92 Å². The molecule has 1 aromatic heterocycles. The molecule has 0 bridgehead atoms. The molecule has 0 unspecified atom stereocenters. The fourth-order valence-electron chi connectivity index (χ4n) is 3.24. The highest BCUT2D eigenvalue weighted by atomic mass is 35.5. The van der Waals surface area contributed by atoms with Gasteiger partial charge in [0.2, 0.25) is 0 Å². The summed E-state index contributed by atoms with van der Waals surface area (Å²) in [5, 5.41) is 6.06. The van der Waals surface area contributed by atoms with Crippen LogP contribution < -0.4 is 16.2 Å². The number of amides is 3. The Hall–Kier alpha value is -2.80. The van der Waals surface area contributed by atoms with Crippen molar-refractivity contribution in [3.8, 4) is 0 Å². The second kappa shape index (κ2) is 8.93. The number of rotatable bonds is 4. The number of urea groups is 1. The third kappa shape index (κ3) is 4.72. The van der Waals surface area contributed by atoms with Gasteiger partial charge in [-0.15, -0.1) is 0 Å². The molecule has 148 valence electrons. The van der Waals surface area contributed by atoms with Crippen LogP contribution in [0.4, 0.5) is 10.5 Å². The topological polar surface area (TPSA) is 83.4 Å². The number of aromatic nitrogens is 1. The Morgan fingerprint density at radius 1 is 1.14 bits per heavy atom. The maximum atomic E-state index is 12.6. The Morgan fingerprint density at radius 3 is 2.57 bits per heavy atom. The monoisotopic (exact) mass is 402 g/mol. The summed E-state index contributed by atoms with van der Waals surface area (Å²) in [6, 6.07) is 10.0. The standard InChI is InChI=1S/C20H23ClN4O3/c1-24-10-4-5-15(18(24)26)19(27)25-11-8-14(9-12-25)13-22-20(28)23-17-7-3-2-6-16(17)21/h2-7,10,14H,8-9,11-13H2,1H3,(H2,22,23,28). The van der Waals surface area contributed by atoms with Crippen LogP contribution in [0.25, 0.3) is 0 Å². The van der Waals surface area contributed by atoms with Crippen LogP contribution in [0.5, 0.6) is 0 Å². The molecule has 3 rings (SSSR count). The van der Waals surface area contributed by atoms with Gasteiger partial charge in [-0.25, -0.2) is 4.79 Å². The molecule has 1 aliphatic heterocycles. The molecule has 2 N–H and O–H groups in total. The molecule has 1 aliphatic rings. The van der Waals surface area contributed by atoms with Crippen LogP contribution in [-0.2, 0) is 7.05 Å². The predicted molar refractivity (Wildman–Crippen MR) is 109 cm³/mol. The summed E-state index contributed by atoms with van der Waals surface area (Å²) in [6.45, 7) is 1.65. The number of hydrogen-bond donors (Lipinski definition) is 2. The first kappa shape index (κ1) is 19.9. The summed E-state index contributed by atoms with van der Waals surface area (Å²) in [5.74, 6) is 0.0451. The van der Waals surface area contributed by atoms with Gasteiger partial charge >= 0.3 is 6.03 Å². The largest absolute Gasteiger partial charge is 0.338 e. The van der Waals surface area contributed by atoms with Crippen molar-refractivity contribution in [2.24, 2.45) is 13.0 Å². The van der Waals surface area contributed by atoms with E-state index in [1.165, 1.54) is 4.57 Å². The highest BCUT2D eigenvalue weighted by Crippen LogP contribution is 2.21. The van der Waals surface area contributed by atoms with Crippen molar-refractivity contribution in [1.29, 1.82) is 0 Å². The molecule has 0 saturated carbocycles. The van der Waals surface area contributed by atoms with Crippen LogP contribution >= 0.6 is 11.6 Å². The smallest absolute Gasteiger partial charge is 0.319 e. The first-order chi connectivity index (χ1) is 13.5. The van der Waals surface area contributed by atoms with E-state index in [4.69, 9.17) is 11.6 Å². The molecule has 0 spiro atoms. The fourth-order valence-corrected chi connectivity index (χ4v) is 3.42. The van der Waals surface area contributed by atoms with E-state index in [2.05, 4.69) is 10.6 Å². The van der Waals surface area contributed by atoms with Crippen LogP contribution in [0.3, 0.4) is 0 Å². The molecular formula is C20H23ClN4O3. The highest BCUT2D eigenvalue weighted by Gasteiger charge is 2.25. The number of para-hydroxylation sites is 1. The second-order valence-corrected chi connectivity index (χ2v) is 7.30. The quantitative estimate of drug-likeness (QED) is 0.824. The molecule has 2 aromatic rings.